The molecule has 0 saturated carbocycles. The number of rotatable bonds is 6. The highest BCUT2D eigenvalue weighted by atomic mass is 15.1. The second kappa shape index (κ2) is 7.03. The van der Waals surface area contributed by atoms with E-state index in [0.717, 1.165) is 19.5 Å². The van der Waals surface area contributed by atoms with Crippen LogP contribution < -0.4 is 0 Å². The molecule has 0 amide bonds. The molecule has 0 bridgehead atoms. The van der Waals surface area contributed by atoms with Gasteiger partial charge in [-0.25, -0.2) is 0 Å². The van der Waals surface area contributed by atoms with Gasteiger partial charge in [0.25, 0.3) is 0 Å². The van der Waals surface area contributed by atoms with Crippen molar-refractivity contribution < 1.29 is 0 Å². The fourth-order valence-electron chi connectivity index (χ4n) is 1.74. The molecule has 0 aromatic heterocycles. The molecule has 0 saturated heterocycles. The zero-order valence-corrected chi connectivity index (χ0v) is 10.2. The molecular formula is C14H20N2. The van der Waals surface area contributed by atoms with Crippen molar-refractivity contribution in [1.82, 2.24) is 4.90 Å². The first-order valence-corrected chi connectivity index (χ1v) is 5.89. The average molecular weight is 216 g/mol. The van der Waals surface area contributed by atoms with Crippen LogP contribution in [-0.4, -0.2) is 24.0 Å². The molecule has 0 atom stereocenters. The maximum absolute atomic E-state index is 8.61. The van der Waals surface area contributed by atoms with Crippen LogP contribution in [0.25, 0.3) is 0 Å². The summed E-state index contributed by atoms with van der Waals surface area (Å²) in [5.41, 5.74) is 1.37. The van der Waals surface area contributed by atoms with Crippen LogP contribution in [0.5, 0.6) is 0 Å². The second-order valence-corrected chi connectivity index (χ2v) is 4.27. The number of hydrogen-bond donors (Lipinski definition) is 0. The van der Waals surface area contributed by atoms with Gasteiger partial charge in [0, 0.05) is 25.6 Å². The van der Waals surface area contributed by atoms with Crippen LogP contribution in [-0.2, 0) is 6.42 Å². The monoisotopic (exact) mass is 216 g/mol. The molecule has 0 aliphatic rings. The minimum absolute atomic E-state index is 0.511. The lowest BCUT2D eigenvalue weighted by Gasteiger charge is -2.25. The first kappa shape index (κ1) is 12.7. The molecule has 2 nitrogen and oxygen atoms in total. The predicted molar refractivity (Wildman–Crippen MR) is 67.1 cm³/mol. The van der Waals surface area contributed by atoms with Gasteiger partial charge in [-0.15, -0.1) is 0 Å². The van der Waals surface area contributed by atoms with Gasteiger partial charge in [0.2, 0.25) is 0 Å². The van der Waals surface area contributed by atoms with Crippen LogP contribution in [0.15, 0.2) is 30.3 Å². The Morgan fingerprint density at radius 3 is 2.44 bits per heavy atom. The molecule has 0 fully saturated rings. The fraction of sp³-hybridized carbons (Fsp3) is 0.500. The van der Waals surface area contributed by atoms with Crippen molar-refractivity contribution >= 4 is 0 Å². The molecule has 1 rings (SSSR count). The molecule has 2 heteroatoms. The number of nitriles is 1. The molecule has 0 unspecified atom stereocenters. The van der Waals surface area contributed by atoms with Gasteiger partial charge in [-0.2, -0.15) is 5.26 Å². The Morgan fingerprint density at radius 2 is 1.88 bits per heavy atom. The normalized spacial score (nSPS) is 10.7. The van der Waals surface area contributed by atoms with E-state index in [4.69, 9.17) is 5.26 Å². The van der Waals surface area contributed by atoms with Crippen LogP contribution in [0.2, 0.25) is 0 Å². The van der Waals surface area contributed by atoms with Crippen molar-refractivity contribution in [2.45, 2.75) is 32.7 Å². The Labute approximate surface area is 98.5 Å². The minimum Gasteiger partial charge on any atom is -0.300 e. The zero-order valence-electron chi connectivity index (χ0n) is 10.2. The van der Waals surface area contributed by atoms with Gasteiger partial charge >= 0.3 is 0 Å². The summed E-state index contributed by atoms with van der Waals surface area (Å²) in [5, 5.41) is 8.61. The smallest absolute Gasteiger partial charge is 0.0635 e. The van der Waals surface area contributed by atoms with Crippen LogP contribution >= 0.6 is 0 Å². The summed E-state index contributed by atoms with van der Waals surface area (Å²) >= 11 is 0. The van der Waals surface area contributed by atoms with Crippen molar-refractivity contribution in [2.24, 2.45) is 0 Å². The molecule has 0 N–H and O–H groups in total. The molecular weight excluding hydrogens is 196 g/mol. The van der Waals surface area contributed by atoms with Gasteiger partial charge in [-0.05, 0) is 25.8 Å². The maximum Gasteiger partial charge on any atom is 0.0635 e. The lowest BCUT2D eigenvalue weighted by atomic mass is 10.1. The molecule has 0 spiro atoms. The Kier molecular flexibility index (Phi) is 5.60. The molecule has 16 heavy (non-hydrogen) atoms. The highest BCUT2D eigenvalue weighted by Gasteiger charge is 2.08. The number of nitrogens with zero attached hydrogens (tertiary/aromatic N) is 2. The van der Waals surface area contributed by atoms with Gasteiger partial charge in [-0.3, -0.25) is 4.90 Å². The van der Waals surface area contributed by atoms with Gasteiger partial charge in [0.1, 0.15) is 0 Å². The summed E-state index contributed by atoms with van der Waals surface area (Å²) in [6.45, 7) is 6.27. The standard InChI is InChI=1S/C14H20N2/c1-13(2)16(11-6-10-15)12-9-14-7-4-3-5-8-14/h3-5,7-8,13H,6,9,11-12H2,1-2H3. The molecule has 1 aromatic rings. The number of hydrogen-bond acceptors (Lipinski definition) is 2. The summed E-state index contributed by atoms with van der Waals surface area (Å²) < 4.78 is 0. The lowest BCUT2D eigenvalue weighted by Crippen LogP contribution is -2.33. The second-order valence-electron chi connectivity index (χ2n) is 4.27. The van der Waals surface area contributed by atoms with E-state index in [1.165, 1.54) is 5.56 Å². The largest absolute Gasteiger partial charge is 0.300 e. The van der Waals surface area contributed by atoms with E-state index in [9.17, 15) is 0 Å². The van der Waals surface area contributed by atoms with Crippen molar-refractivity contribution in [3.63, 3.8) is 0 Å². The van der Waals surface area contributed by atoms with E-state index in [1.54, 1.807) is 0 Å². The Balaban J connectivity index is 2.41. The molecule has 1 aromatic carbocycles. The quantitative estimate of drug-likeness (QED) is 0.731. The Morgan fingerprint density at radius 1 is 1.19 bits per heavy atom. The van der Waals surface area contributed by atoms with Crippen LogP contribution in [0, 0.1) is 11.3 Å². The van der Waals surface area contributed by atoms with Crippen molar-refractivity contribution in [3.8, 4) is 6.07 Å². The van der Waals surface area contributed by atoms with Crippen molar-refractivity contribution in [3.05, 3.63) is 35.9 Å². The third-order valence-electron chi connectivity index (χ3n) is 2.77. The third-order valence-corrected chi connectivity index (χ3v) is 2.77. The van der Waals surface area contributed by atoms with E-state index in [-0.39, 0.29) is 0 Å². The van der Waals surface area contributed by atoms with Crippen molar-refractivity contribution in [1.29, 1.82) is 5.26 Å². The highest BCUT2D eigenvalue weighted by molar-refractivity contribution is 5.14. The fourth-order valence-corrected chi connectivity index (χ4v) is 1.74. The van der Waals surface area contributed by atoms with E-state index >= 15 is 0 Å². The first-order chi connectivity index (χ1) is 7.74. The first-order valence-electron chi connectivity index (χ1n) is 5.89. The molecule has 0 radical (unpaired) electrons. The summed E-state index contributed by atoms with van der Waals surface area (Å²) in [4.78, 5) is 2.36. The van der Waals surface area contributed by atoms with Gasteiger partial charge in [-0.1, -0.05) is 30.3 Å². The van der Waals surface area contributed by atoms with Gasteiger partial charge < -0.3 is 0 Å². The summed E-state index contributed by atoms with van der Waals surface area (Å²) in [7, 11) is 0. The molecule has 86 valence electrons. The van der Waals surface area contributed by atoms with Crippen LogP contribution in [0.4, 0.5) is 0 Å². The van der Waals surface area contributed by atoms with Gasteiger partial charge in [0.15, 0.2) is 0 Å². The van der Waals surface area contributed by atoms with E-state index in [2.05, 4.69) is 49.1 Å². The summed E-state index contributed by atoms with van der Waals surface area (Å²) in [6.07, 6.45) is 1.68. The van der Waals surface area contributed by atoms with Crippen LogP contribution in [0.3, 0.4) is 0 Å². The zero-order chi connectivity index (χ0) is 11.8. The predicted octanol–water partition coefficient (Wildman–Crippen LogP) is 2.85. The average Bonchev–Trinajstić information content (AvgIpc) is 2.30. The minimum atomic E-state index is 0.511. The Bertz CT molecular complexity index is 324. The lowest BCUT2D eigenvalue weighted by molar-refractivity contribution is 0.229. The van der Waals surface area contributed by atoms with E-state index in [0.29, 0.717) is 12.5 Å². The Hall–Kier alpha value is -1.33. The molecule has 0 heterocycles. The van der Waals surface area contributed by atoms with E-state index < -0.39 is 0 Å². The van der Waals surface area contributed by atoms with E-state index in [1.807, 2.05) is 6.07 Å². The van der Waals surface area contributed by atoms with Crippen molar-refractivity contribution in [2.75, 3.05) is 13.1 Å². The highest BCUT2D eigenvalue weighted by Crippen LogP contribution is 2.05. The third kappa shape index (κ3) is 4.46. The topological polar surface area (TPSA) is 27.0 Å². The van der Waals surface area contributed by atoms with Gasteiger partial charge in [0.05, 0.1) is 6.07 Å². The maximum atomic E-state index is 8.61. The molecule has 0 aliphatic heterocycles. The number of benzene rings is 1. The molecule has 0 aliphatic carbocycles. The summed E-state index contributed by atoms with van der Waals surface area (Å²) in [5.74, 6) is 0. The SMILES string of the molecule is CC(C)N(CCC#N)CCc1ccccc1. The van der Waals surface area contributed by atoms with Crippen LogP contribution in [0.1, 0.15) is 25.8 Å². The summed E-state index contributed by atoms with van der Waals surface area (Å²) in [6, 6.07) is 13.2.